The third-order valence-electron chi connectivity index (χ3n) is 4.57. The first-order valence-electron chi connectivity index (χ1n) is 9.00. The van der Waals surface area contributed by atoms with Gasteiger partial charge in [-0.25, -0.2) is 4.79 Å². The molecule has 0 amide bonds. The number of aromatic nitrogens is 2. The summed E-state index contributed by atoms with van der Waals surface area (Å²) in [6.45, 7) is 0.226. The lowest BCUT2D eigenvalue weighted by atomic mass is 10.1. The van der Waals surface area contributed by atoms with Crippen LogP contribution in [-0.2, 0) is 6.42 Å². The summed E-state index contributed by atoms with van der Waals surface area (Å²) >= 11 is 0. The van der Waals surface area contributed by atoms with Crippen LogP contribution < -0.4 is 9.47 Å². The molecule has 144 valence electrons. The fourth-order valence-corrected chi connectivity index (χ4v) is 3.36. The van der Waals surface area contributed by atoms with E-state index in [0.717, 1.165) is 5.56 Å². The van der Waals surface area contributed by atoms with Gasteiger partial charge in [0.15, 0.2) is 6.61 Å². The molecule has 1 aromatic carbocycles. The van der Waals surface area contributed by atoms with Crippen LogP contribution in [0.2, 0.25) is 0 Å². The molecule has 7 nitrogen and oxygen atoms in total. The smallest absolute Gasteiger partial charge is 0.338 e. The van der Waals surface area contributed by atoms with Gasteiger partial charge < -0.3 is 19.0 Å². The lowest BCUT2D eigenvalue weighted by Crippen LogP contribution is -2.04. The zero-order chi connectivity index (χ0) is 20.2. The van der Waals surface area contributed by atoms with Gasteiger partial charge in [-0.15, -0.1) is 0 Å². The summed E-state index contributed by atoms with van der Waals surface area (Å²) in [4.78, 5) is 16.1. The normalized spacial score (nSPS) is 10.7. The minimum atomic E-state index is -1.04. The molecule has 29 heavy (non-hydrogen) atoms. The van der Waals surface area contributed by atoms with E-state index in [1.165, 1.54) is 0 Å². The molecule has 0 atom stereocenters. The summed E-state index contributed by atoms with van der Waals surface area (Å²) in [5.41, 5.74) is 2.39. The predicted molar refractivity (Wildman–Crippen MR) is 106 cm³/mol. The largest absolute Gasteiger partial charge is 0.492 e. The van der Waals surface area contributed by atoms with Crippen molar-refractivity contribution in [3.05, 3.63) is 72.2 Å². The molecule has 0 saturated heterocycles. The van der Waals surface area contributed by atoms with Gasteiger partial charge in [-0.1, -0.05) is 12.1 Å². The van der Waals surface area contributed by atoms with Gasteiger partial charge in [-0.3, -0.25) is 4.98 Å². The van der Waals surface area contributed by atoms with Crippen LogP contribution >= 0.6 is 0 Å². The SMILES string of the molecule is N#CCOc1cc(OCCc2cccnc2)c2c(C(=O)O)c3ccccn3c2c1. The highest BCUT2D eigenvalue weighted by Crippen LogP contribution is 2.37. The molecule has 0 unspecified atom stereocenters. The summed E-state index contributed by atoms with van der Waals surface area (Å²) in [5, 5.41) is 19.2. The number of benzene rings is 1. The molecule has 7 heteroatoms. The molecule has 0 aliphatic heterocycles. The summed E-state index contributed by atoms with van der Waals surface area (Å²) < 4.78 is 13.3. The van der Waals surface area contributed by atoms with Crippen molar-refractivity contribution in [2.75, 3.05) is 13.2 Å². The first-order chi connectivity index (χ1) is 14.2. The van der Waals surface area contributed by atoms with Gasteiger partial charge in [-0.05, 0) is 23.8 Å². The fourth-order valence-electron chi connectivity index (χ4n) is 3.36. The number of hydrogen-bond donors (Lipinski definition) is 1. The molecule has 3 heterocycles. The highest BCUT2D eigenvalue weighted by Gasteiger charge is 2.22. The van der Waals surface area contributed by atoms with Gasteiger partial charge in [0.25, 0.3) is 0 Å². The summed E-state index contributed by atoms with van der Waals surface area (Å²) in [7, 11) is 0. The Labute approximate surface area is 166 Å². The number of carboxylic acids is 1. The molecule has 0 radical (unpaired) electrons. The highest BCUT2D eigenvalue weighted by molar-refractivity contribution is 6.13. The molecular weight excluding hydrogens is 370 g/mol. The van der Waals surface area contributed by atoms with Crippen molar-refractivity contribution >= 4 is 22.4 Å². The molecule has 4 rings (SSSR count). The van der Waals surface area contributed by atoms with E-state index in [2.05, 4.69) is 4.98 Å². The number of nitrogens with zero attached hydrogens (tertiary/aromatic N) is 3. The second-order valence-electron chi connectivity index (χ2n) is 6.36. The zero-order valence-electron chi connectivity index (χ0n) is 15.4. The number of rotatable bonds is 7. The number of pyridine rings is 2. The first kappa shape index (κ1) is 18.3. The van der Waals surface area contributed by atoms with Crippen molar-refractivity contribution in [3.63, 3.8) is 0 Å². The van der Waals surface area contributed by atoms with E-state index in [0.29, 0.717) is 40.9 Å². The number of fused-ring (bicyclic) bond motifs is 3. The zero-order valence-corrected chi connectivity index (χ0v) is 15.4. The monoisotopic (exact) mass is 387 g/mol. The van der Waals surface area contributed by atoms with Gasteiger partial charge in [-0.2, -0.15) is 5.26 Å². The standard InChI is InChI=1S/C22H17N3O4/c23-7-11-28-16-12-18-20(21(22(26)27)17-5-1-2-9-25(17)18)19(13-16)29-10-6-15-4-3-8-24-14-15/h1-5,8-9,12-14H,6,10-11H2,(H,26,27). The van der Waals surface area contributed by atoms with Crippen LogP contribution in [0.15, 0.2) is 61.1 Å². The minimum absolute atomic E-state index is 0.115. The molecule has 0 aliphatic rings. The molecule has 1 N–H and O–H groups in total. The van der Waals surface area contributed by atoms with Crippen LogP contribution in [0.5, 0.6) is 11.5 Å². The quantitative estimate of drug-likeness (QED) is 0.519. The van der Waals surface area contributed by atoms with E-state index in [9.17, 15) is 9.90 Å². The maximum atomic E-state index is 12.0. The number of aromatic carboxylic acids is 1. The number of carboxylic acid groups (broad SMARTS) is 1. The third-order valence-corrected chi connectivity index (χ3v) is 4.57. The molecule has 4 aromatic rings. The lowest BCUT2D eigenvalue weighted by Gasteiger charge is -2.11. The third kappa shape index (κ3) is 3.56. The van der Waals surface area contributed by atoms with Crippen molar-refractivity contribution in [1.82, 2.24) is 9.38 Å². The second-order valence-corrected chi connectivity index (χ2v) is 6.36. The van der Waals surface area contributed by atoms with Crippen LogP contribution in [0.1, 0.15) is 15.9 Å². The first-order valence-corrected chi connectivity index (χ1v) is 9.00. The van der Waals surface area contributed by atoms with Crippen molar-refractivity contribution in [1.29, 1.82) is 5.26 Å². The van der Waals surface area contributed by atoms with E-state index < -0.39 is 5.97 Å². The van der Waals surface area contributed by atoms with E-state index in [-0.39, 0.29) is 12.2 Å². The van der Waals surface area contributed by atoms with Crippen molar-refractivity contribution < 1.29 is 19.4 Å². The Kier molecular flexibility index (Phi) is 4.99. The molecule has 0 fully saturated rings. The predicted octanol–water partition coefficient (Wildman–Crippen LogP) is 3.71. The molecule has 0 aliphatic carbocycles. The maximum absolute atomic E-state index is 12.0. The van der Waals surface area contributed by atoms with E-state index in [4.69, 9.17) is 14.7 Å². The molecule has 0 bridgehead atoms. The van der Waals surface area contributed by atoms with E-state index in [1.54, 1.807) is 47.3 Å². The van der Waals surface area contributed by atoms with Gasteiger partial charge in [0.2, 0.25) is 0 Å². The van der Waals surface area contributed by atoms with Gasteiger partial charge in [0.1, 0.15) is 17.6 Å². The summed E-state index contributed by atoms with van der Waals surface area (Å²) in [6.07, 6.45) is 5.88. The molecule has 0 spiro atoms. The van der Waals surface area contributed by atoms with Gasteiger partial charge in [0, 0.05) is 37.1 Å². The van der Waals surface area contributed by atoms with Crippen LogP contribution in [0.4, 0.5) is 0 Å². The Morgan fingerprint density at radius 3 is 2.83 bits per heavy atom. The Bertz CT molecular complexity index is 1230. The molecule has 3 aromatic heterocycles. The average molecular weight is 387 g/mol. The van der Waals surface area contributed by atoms with E-state index in [1.807, 2.05) is 24.3 Å². The number of ether oxygens (including phenoxy) is 2. The molecule has 0 saturated carbocycles. The minimum Gasteiger partial charge on any atom is -0.492 e. The van der Waals surface area contributed by atoms with Gasteiger partial charge in [0.05, 0.1) is 28.6 Å². The van der Waals surface area contributed by atoms with Crippen molar-refractivity contribution in [2.45, 2.75) is 6.42 Å². The number of carbonyl (C=O) groups is 1. The maximum Gasteiger partial charge on any atom is 0.338 e. The second kappa shape index (κ2) is 7.90. The number of hydrogen-bond acceptors (Lipinski definition) is 5. The summed E-state index contributed by atoms with van der Waals surface area (Å²) in [6, 6.07) is 14.5. The molecular formula is C22H17N3O4. The Morgan fingerprint density at radius 1 is 1.17 bits per heavy atom. The van der Waals surface area contributed by atoms with Crippen LogP contribution in [0, 0.1) is 11.3 Å². The van der Waals surface area contributed by atoms with Gasteiger partial charge >= 0.3 is 5.97 Å². The Morgan fingerprint density at radius 2 is 2.07 bits per heavy atom. The van der Waals surface area contributed by atoms with Crippen LogP contribution in [-0.4, -0.2) is 33.7 Å². The van der Waals surface area contributed by atoms with Crippen molar-refractivity contribution in [2.24, 2.45) is 0 Å². The summed E-state index contributed by atoms with van der Waals surface area (Å²) in [5.74, 6) is -0.192. The fraction of sp³-hybridized carbons (Fsp3) is 0.136. The van der Waals surface area contributed by atoms with Crippen molar-refractivity contribution in [3.8, 4) is 17.6 Å². The van der Waals surface area contributed by atoms with Crippen LogP contribution in [0.25, 0.3) is 16.4 Å². The topological polar surface area (TPSA) is 96.9 Å². The van der Waals surface area contributed by atoms with Crippen LogP contribution in [0.3, 0.4) is 0 Å². The lowest BCUT2D eigenvalue weighted by molar-refractivity contribution is 0.0700. The van der Waals surface area contributed by atoms with E-state index >= 15 is 0 Å². The highest BCUT2D eigenvalue weighted by atomic mass is 16.5. The number of nitriles is 1. The Hall–Kier alpha value is -4.05. The Balaban J connectivity index is 1.81. The average Bonchev–Trinajstić information content (AvgIpc) is 3.08.